The van der Waals surface area contributed by atoms with Crippen LogP contribution in [0.2, 0.25) is 0 Å². The van der Waals surface area contributed by atoms with Crippen molar-refractivity contribution in [3.63, 3.8) is 0 Å². The van der Waals surface area contributed by atoms with E-state index in [2.05, 4.69) is 10.3 Å². The minimum Gasteiger partial charge on any atom is -0.462 e. The second kappa shape index (κ2) is 8.01. The number of carbonyl (C=O) groups excluding carboxylic acids is 1. The largest absolute Gasteiger partial charge is 0.462 e. The first-order valence-corrected chi connectivity index (χ1v) is 9.33. The van der Waals surface area contributed by atoms with Gasteiger partial charge in [-0.1, -0.05) is 6.07 Å². The summed E-state index contributed by atoms with van der Waals surface area (Å²) in [4.78, 5) is 30.6. The Bertz CT molecular complexity index is 1090. The van der Waals surface area contributed by atoms with Crippen LogP contribution in [0.1, 0.15) is 33.4 Å². The van der Waals surface area contributed by atoms with Gasteiger partial charge in [-0.05, 0) is 26.0 Å². The fraction of sp³-hybridized carbons (Fsp3) is 0.263. The van der Waals surface area contributed by atoms with Crippen LogP contribution in [0.25, 0.3) is 5.52 Å². The molecule has 138 valence electrons. The maximum atomic E-state index is 12.7. The van der Waals surface area contributed by atoms with Crippen LogP contribution in [0.3, 0.4) is 0 Å². The van der Waals surface area contributed by atoms with Crippen LogP contribution < -0.4 is 10.9 Å². The Labute approximate surface area is 159 Å². The van der Waals surface area contributed by atoms with Crippen LogP contribution in [-0.4, -0.2) is 28.5 Å². The Kier molecular flexibility index (Phi) is 5.52. The summed E-state index contributed by atoms with van der Waals surface area (Å²) >= 11 is 1.55. The molecule has 0 aliphatic heterocycles. The zero-order valence-electron chi connectivity index (χ0n) is 15.0. The molecule has 0 spiro atoms. The van der Waals surface area contributed by atoms with Gasteiger partial charge < -0.3 is 10.1 Å². The van der Waals surface area contributed by atoms with E-state index in [1.165, 1.54) is 10.6 Å². The van der Waals surface area contributed by atoms with Gasteiger partial charge in [0.15, 0.2) is 0 Å². The fourth-order valence-electron chi connectivity index (χ4n) is 2.86. The molecule has 0 fully saturated rings. The number of nitrogens with one attached hydrogen (secondary N) is 1. The summed E-state index contributed by atoms with van der Waals surface area (Å²) in [6, 6.07) is 7.00. The molecule has 8 heteroatoms. The first-order valence-electron chi connectivity index (χ1n) is 8.45. The molecule has 27 heavy (non-hydrogen) atoms. The van der Waals surface area contributed by atoms with Crippen molar-refractivity contribution in [2.75, 3.05) is 18.5 Å². The van der Waals surface area contributed by atoms with Gasteiger partial charge in [-0.15, -0.1) is 11.3 Å². The molecule has 0 aliphatic carbocycles. The molecule has 0 bridgehead atoms. The zero-order chi connectivity index (χ0) is 19.4. The average Bonchev–Trinajstić information content (AvgIpc) is 3.07. The Hall–Kier alpha value is -3.18. The highest BCUT2D eigenvalue weighted by molar-refractivity contribution is 7.09. The molecule has 0 atom stereocenters. The number of ether oxygens (including phenoxy) is 1. The number of aromatic nitrogens is 2. The van der Waals surface area contributed by atoms with Crippen LogP contribution in [0, 0.1) is 18.3 Å². The Morgan fingerprint density at radius 3 is 2.93 bits per heavy atom. The number of fused-ring (bicyclic) bond motifs is 1. The number of thiazole rings is 1. The molecule has 3 heterocycles. The van der Waals surface area contributed by atoms with Crippen LogP contribution in [0.5, 0.6) is 0 Å². The van der Waals surface area contributed by atoms with E-state index >= 15 is 0 Å². The molecule has 0 radical (unpaired) electrons. The number of carbonyl (C=O) groups is 1. The van der Waals surface area contributed by atoms with Gasteiger partial charge in [-0.25, -0.2) is 9.78 Å². The minimum atomic E-state index is -0.575. The highest BCUT2D eigenvalue weighted by Crippen LogP contribution is 2.24. The van der Waals surface area contributed by atoms with E-state index in [0.717, 1.165) is 10.6 Å². The molecular formula is C19H18N4O3S. The highest BCUT2D eigenvalue weighted by atomic mass is 32.1. The van der Waals surface area contributed by atoms with Crippen LogP contribution in [0.15, 0.2) is 34.7 Å². The van der Waals surface area contributed by atoms with E-state index in [-0.39, 0.29) is 23.4 Å². The fourth-order valence-corrected chi connectivity index (χ4v) is 3.64. The quantitative estimate of drug-likeness (QED) is 0.659. The van der Waals surface area contributed by atoms with Crippen molar-refractivity contribution in [3.05, 3.63) is 62.0 Å². The molecule has 0 amide bonds. The summed E-state index contributed by atoms with van der Waals surface area (Å²) in [5, 5.41) is 12.7. The number of aryl methyl sites for hydroxylation is 1. The molecule has 0 saturated heterocycles. The first kappa shape index (κ1) is 18.6. The number of hydrogen-bond acceptors (Lipinski definition) is 7. The van der Waals surface area contributed by atoms with Gasteiger partial charge in [-0.3, -0.25) is 9.20 Å². The standard InChI is InChI=1S/C19H18N4O3S/c1-3-26-19(25)16-14-6-4-5-9-23(14)18(24)13(10-20)17(16)21-8-7-15-12(2)22-11-27-15/h4-6,9,11,21H,3,7-8H2,1-2H3. The number of hydrogen-bond donors (Lipinski definition) is 1. The Balaban J connectivity index is 2.09. The summed E-state index contributed by atoms with van der Waals surface area (Å²) < 4.78 is 6.47. The second-order valence-corrected chi connectivity index (χ2v) is 6.70. The topological polar surface area (TPSA) is 96.5 Å². The smallest absolute Gasteiger partial charge is 0.342 e. The lowest BCUT2D eigenvalue weighted by Gasteiger charge is -2.15. The van der Waals surface area contributed by atoms with Crippen molar-refractivity contribution in [3.8, 4) is 6.07 Å². The van der Waals surface area contributed by atoms with Crippen LogP contribution in [0.4, 0.5) is 5.69 Å². The van der Waals surface area contributed by atoms with Crippen LogP contribution >= 0.6 is 11.3 Å². The summed E-state index contributed by atoms with van der Waals surface area (Å²) in [6.45, 7) is 4.28. The SMILES string of the molecule is CCOC(=O)c1c(NCCc2scnc2C)c(C#N)c(=O)n2ccccc12. The van der Waals surface area contributed by atoms with E-state index < -0.39 is 11.5 Å². The normalized spacial score (nSPS) is 10.6. The van der Waals surface area contributed by atoms with Crippen molar-refractivity contribution in [1.29, 1.82) is 5.26 Å². The molecule has 3 aromatic rings. The zero-order valence-corrected chi connectivity index (χ0v) is 15.8. The molecule has 3 rings (SSSR count). The van der Waals surface area contributed by atoms with Crippen LogP contribution in [-0.2, 0) is 11.2 Å². The van der Waals surface area contributed by atoms with Crippen molar-refractivity contribution in [2.45, 2.75) is 20.3 Å². The minimum absolute atomic E-state index is 0.109. The summed E-state index contributed by atoms with van der Waals surface area (Å²) in [5.74, 6) is -0.575. The van der Waals surface area contributed by atoms with E-state index in [1.807, 2.05) is 13.0 Å². The number of anilines is 1. The Morgan fingerprint density at radius 1 is 1.44 bits per heavy atom. The number of esters is 1. The third-order valence-corrected chi connectivity index (χ3v) is 5.13. The molecule has 1 N–H and O–H groups in total. The molecule has 0 unspecified atom stereocenters. The third-order valence-electron chi connectivity index (χ3n) is 4.14. The van der Waals surface area contributed by atoms with Gasteiger partial charge >= 0.3 is 5.97 Å². The van der Waals surface area contributed by atoms with Gasteiger partial charge in [0.2, 0.25) is 0 Å². The molecule has 0 aromatic carbocycles. The molecule has 7 nitrogen and oxygen atoms in total. The maximum Gasteiger partial charge on any atom is 0.342 e. The number of nitriles is 1. The summed E-state index contributed by atoms with van der Waals surface area (Å²) in [5.41, 5.74) is 2.95. The van der Waals surface area contributed by atoms with E-state index in [4.69, 9.17) is 4.74 Å². The van der Waals surface area contributed by atoms with Crippen molar-refractivity contribution >= 4 is 28.5 Å². The number of pyridine rings is 2. The van der Waals surface area contributed by atoms with E-state index in [0.29, 0.717) is 18.5 Å². The summed E-state index contributed by atoms with van der Waals surface area (Å²) in [7, 11) is 0. The van der Waals surface area contributed by atoms with Crippen molar-refractivity contribution < 1.29 is 9.53 Å². The van der Waals surface area contributed by atoms with Gasteiger partial charge in [0.05, 0.1) is 29.0 Å². The molecular weight excluding hydrogens is 364 g/mol. The predicted octanol–water partition coefficient (Wildman–Crippen LogP) is 2.77. The van der Waals surface area contributed by atoms with E-state index in [9.17, 15) is 14.9 Å². The lowest BCUT2D eigenvalue weighted by atomic mass is 10.1. The maximum absolute atomic E-state index is 12.7. The van der Waals surface area contributed by atoms with Crippen molar-refractivity contribution in [2.24, 2.45) is 0 Å². The van der Waals surface area contributed by atoms with Gasteiger partial charge in [0, 0.05) is 24.0 Å². The lowest BCUT2D eigenvalue weighted by Crippen LogP contribution is -2.24. The number of rotatable bonds is 6. The monoisotopic (exact) mass is 382 g/mol. The predicted molar refractivity (Wildman–Crippen MR) is 103 cm³/mol. The van der Waals surface area contributed by atoms with Crippen molar-refractivity contribution in [1.82, 2.24) is 9.38 Å². The Morgan fingerprint density at radius 2 is 2.26 bits per heavy atom. The average molecular weight is 382 g/mol. The summed E-state index contributed by atoms with van der Waals surface area (Å²) in [6.07, 6.45) is 2.20. The van der Waals surface area contributed by atoms with Gasteiger partial charge in [0.1, 0.15) is 17.2 Å². The molecule has 0 aliphatic rings. The first-order chi connectivity index (χ1) is 13.1. The second-order valence-electron chi connectivity index (χ2n) is 5.76. The third kappa shape index (κ3) is 3.55. The van der Waals surface area contributed by atoms with Gasteiger partial charge in [0.25, 0.3) is 5.56 Å². The highest BCUT2D eigenvalue weighted by Gasteiger charge is 2.23. The number of nitrogens with zero attached hydrogens (tertiary/aromatic N) is 3. The molecule has 0 saturated carbocycles. The molecule has 3 aromatic heterocycles. The lowest BCUT2D eigenvalue weighted by molar-refractivity contribution is 0.0529. The van der Waals surface area contributed by atoms with E-state index in [1.54, 1.807) is 42.0 Å². The van der Waals surface area contributed by atoms with Gasteiger partial charge in [-0.2, -0.15) is 5.26 Å².